The number of nitrogens with zero attached hydrogens (tertiary/aromatic N) is 3. The van der Waals surface area contributed by atoms with Gasteiger partial charge >= 0.3 is 0 Å². The molecule has 0 bridgehead atoms. The summed E-state index contributed by atoms with van der Waals surface area (Å²) in [4.78, 5) is 6.96. The zero-order valence-corrected chi connectivity index (χ0v) is 16.4. The molecule has 1 aliphatic heterocycles. The fraction of sp³-hybridized carbons (Fsp3) is 0.286. The largest absolute Gasteiger partial charge is 0.369 e. The molecule has 0 amide bonds. The highest BCUT2D eigenvalue weighted by atomic mass is 32.2. The second-order valence-electron chi connectivity index (χ2n) is 7.01. The van der Waals surface area contributed by atoms with Gasteiger partial charge in [-0.2, -0.15) is 4.31 Å². The Morgan fingerprint density at radius 1 is 0.926 bits per heavy atom. The van der Waals surface area contributed by atoms with Crippen molar-refractivity contribution in [2.75, 3.05) is 31.1 Å². The van der Waals surface area contributed by atoms with Crippen LogP contribution in [0.1, 0.15) is 11.1 Å². The molecule has 6 heteroatoms. The van der Waals surface area contributed by atoms with Gasteiger partial charge in [0.15, 0.2) is 0 Å². The number of anilines is 1. The van der Waals surface area contributed by atoms with Crippen LogP contribution in [-0.4, -0.2) is 43.9 Å². The molecule has 0 N–H and O–H groups in total. The Hall–Kier alpha value is -2.44. The van der Waals surface area contributed by atoms with E-state index in [0.29, 0.717) is 36.5 Å². The van der Waals surface area contributed by atoms with E-state index in [0.717, 1.165) is 16.8 Å². The van der Waals surface area contributed by atoms with Gasteiger partial charge in [0.05, 0.1) is 10.4 Å². The second-order valence-corrected chi connectivity index (χ2v) is 8.92. The van der Waals surface area contributed by atoms with Gasteiger partial charge in [-0.25, -0.2) is 8.42 Å². The molecule has 140 valence electrons. The molecule has 2 aromatic carbocycles. The van der Waals surface area contributed by atoms with E-state index in [1.165, 1.54) is 5.56 Å². The third kappa shape index (κ3) is 3.31. The van der Waals surface area contributed by atoms with Gasteiger partial charge < -0.3 is 4.90 Å². The fourth-order valence-electron chi connectivity index (χ4n) is 3.66. The van der Waals surface area contributed by atoms with Gasteiger partial charge in [-0.3, -0.25) is 4.98 Å². The lowest BCUT2D eigenvalue weighted by Crippen LogP contribution is -2.48. The van der Waals surface area contributed by atoms with Gasteiger partial charge in [-0.1, -0.05) is 18.2 Å². The molecule has 0 unspecified atom stereocenters. The molecular weight excluding hydrogens is 358 g/mol. The summed E-state index contributed by atoms with van der Waals surface area (Å²) < 4.78 is 28.2. The number of benzene rings is 2. The minimum atomic E-state index is -3.55. The highest BCUT2D eigenvalue weighted by molar-refractivity contribution is 7.89. The van der Waals surface area contributed by atoms with Gasteiger partial charge in [0.2, 0.25) is 10.0 Å². The molecule has 0 spiro atoms. The van der Waals surface area contributed by atoms with Gasteiger partial charge in [0.25, 0.3) is 0 Å². The first-order valence-electron chi connectivity index (χ1n) is 9.13. The van der Waals surface area contributed by atoms with Gasteiger partial charge in [0.1, 0.15) is 0 Å². The molecule has 1 saturated heterocycles. The molecule has 3 aromatic rings. The van der Waals surface area contributed by atoms with E-state index in [9.17, 15) is 8.42 Å². The zero-order valence-electron chi connectivity index (χ0n) is 15.6. The van der Waals surface area contributed by atoms with Crippen LogP contribution in [-0.2, 0) is 10.0 Å². The second kappa shape index (κ2) is 6.94. The third-order valence-electron chi connectivity index (χ3n) is 5.15. The Balaban J connectivity index is 1.61. The molecular formula is C21H23N3O2S. The lowest BCUT2D eigenvalue weighted by molar-refractivity contribution is 0.385. The van der Waals surface area contributed by atoms with Crippen molar-refractivity contribution in [2.24, 2.45) is 0 Å². The van der Waals surface area contributed by atoms with E-state index in [4.69, 9.17) is 0 Å². The standard InChI is InChI=1S/C21H23N3O2S/c1-16-5-3-6-18(15-16)23-11-13-24(14-12-23)27(25,26)20-9-8-17(2)21-19(20)7-4-10-22-21/h3-10,15H,11-14H2,1-2H3. The van der Waals surface area contributed by atoms with Crippen molar-refractivity contribution in [3.05, 3.63) is 65.9 Å². The minimum Gasteiger partial charge on any atom is -0.369 e. The number of sulfonamides is 1. The molecule has 4 rings (SSSR count). The van der Waals surface area contributed by atoms with Crippen molar-refractivity contribution < 1.29 is 8.42 Å². The smallest absolute Gasteiger partial charge is 0.243 e. The van der Waals surface area contributed by atoms with Crippen LogP contribution in [0.4, 0.5) is 5.69 Å². The van der Waals surface area contributed by atoms with E-state index >= 15 is 0 Å². The highest BCUT2D eigenvalue weighted by Crippen LogP contribution is 2.28. The lowest BCUT2D eigenvalue weighted by atomic mass is 10.1. The highest BCUT2D eigenvalue weighted by Gasteiger charge is 2.30. The van der Waals surface area contributed by atoms with Crippen LogP contribution in [0.2, 0.25) is 0 Å². The van der Waals surface area contributed by atoms with Crippen molar-refractivity contribution in [1.29, 1.82) is 0 Å². The van der Waals surface area contributed by atoms with E-state index in [-0.39, 0.29) is 0 Å². The van der Waals surface area contributed by atoms with Crippen LogP contribution in [0.25, 0.3) is 10.9 Å². The number of hydrogen-bond acceptors (Lipinski definition) is 4. The summed E-state index contributed by atoms with van der Waals surface area (Å²) in [5.41, 5.74) is 4.09. The van der Waals surface area contributed by atoms with E-state index in [2.05, 4.69) is 35.0 Å². The summed E-state index contributed by atoms with van der Waals surface area (Å²) in [7, 11) is -3.55. The van der Waals surface area contributed by atoms with E-state index in [1.807, 2.05) is 25.1 Å². The predicted octanol–water partition coefficient (Wildman–Crippen LogP) is 3.36. The van der Waals surface area contributed by atoms with Crippen LogP contribution in [0, 0.1) is 13.8 Å². The van der Waals surface area contributed by atoms with Crippen LogP contribution in [0.3, 0.4) is 0 Å². The summed E-state index contributed by atoms with van der Waals surface area (Å²) in [6, 6.07) is 15.5. The SMILES string of the molecule is Cc1cccc(N2CCN(S(=O)(=O)c3ccc(C)c4ncccc34)CC2)c1. The maximum atomic E-state index is 13.3. The number of aromatic nitrogens is 1. The molecule has 1 aromatic heterocycles. The fourth-order valence-corrected chi connectivity index (χ4v) is 5.27. The number of rotatable bonds is 3. The summed E-state index contributed by atoms with van der Waals surface area (Å²) in [5, 5.41) is 0.693. The van der Waals surface area contributed by atoms with E-state index < -0.39 is 10.0 Å². The monoisotopic (exact) mass is 381 g/mol. The van der Waals surface area contributed by atoms with Gasteiger partial charge in [-0.05, 0) is 55.3 Å². The maximum Gasteiger partial charge on any atom is 0.243 e. The lowest BCUT2D eigenvalue weighted by Gasteiger charge is -2.35. The topological polar surface area (TPSA) is 53.5 Å². The molecule has 5 nitrogen and oxygen atoms in total. The van der Waals surface area contributed by atoms with Crippen LogP contribution >= 0.6 is 0 Å². The summed E-state index contributed by atoms with van der Waals surface area (Å²) in [5.74, 6) is 0. The predicted molar refractivity (Wildman–Crippen MR) is 109 cm³/mol. The number of hydrogen-bond donors (Lipinski definition) is 0. The summed E-state index contributed by atoms with van der Waals surface area (Å²) in [6.45, 7) is 6.35. The van der Waals surface area contributed by atoms with Crippen molar-refractivity contribution in [3.63, 3.8) is 0 Å². The normalized spacial score (nSPS) is 16.0. The molecule has 0 atom stereocenters. The Labute approximate surface area is 160 Å². The molecule has 1 aliphatic rings. The molecule has 0 aliphatic carbocycles. The maximum absolute atomic E-state index is 13.3. The van der Waals surface area contributed by atoms with Crippen molar-refractivity contribution in [1.82, 2.24) is 9.29 Å². The van der Waals surface area contributed by atoms with E-state index in [1.54, 1.807) is 22.6 Å². The van der Waals surface area contributed by atoms with Crippen LogP contribution in [0.5, 0.6) is 0 Å². The number of aryl methyl sites for hydroxylation is 2. The Morgan fingerprint density at radius 2 is 1.70 bits per heavy atom. The zero-order chi connectivity index (χ0) is 19.0. The molecule has 27 heavy (non-hydrogen) atoms. The number of fused-ring (bicyclic) bond motifs is 1. The van der Waals surface area contributed by atoms with Crippen molar-refractivity contribution in [3.8, 4) is 0 Å². The molecule has 1 fully saturated rings. The van der Waals surface area contributed by atoms with Gasteiger partial charge in [0, 0.05) is 43.4 Å². The first-order chi connectivity index (χ1) is 13.0. The van der Waals surface area contributed by atoms with Gasteiger partial charge in [-0.15, -0.1) is 0 Å². The number of piperazine rings is 1. The minimum absolute atomic E-state index is 0.347. The average molecular weight is 382 g/mol. The average Bonchev–Trinajstić information content (AvgIpc) is 2.68. The molecule has 0 radical (unpaired) electrons. The first-order valence-corrected chi connectivity index (χ1v) is 10.6. The Bertz CT molecular complexity index is 1090. The van der Waals surface area contributed by atoms with Crippen LogP contribution < -0.4 is 4.90 Å². The number of pyridine rings is 1. The summed E-state index contributed by atoms with van der Waals surface area (Å²) >= 11 is 0. The summed E-state index contributed by atoms with van der Waals surface area (Å²) in [6.07, 6.45) is 1.70. The Kier molecular flexibility index (Phi) is 4.61. The van der Waals surface area contributed by atoms with Crippen molar-refractivity contribution >= 4 is 26.6 Å². The third-order valence-corrected chi connectivity index (χ3v) is 7.11. The van der Waals surface area contributed by atoms with Crippen LogP contribution in [0.15, 0.2) is 59.6 Å². The molecule has 2 heterocycles. The van der Waals surface area contributed by atoms with Crippen molar-refractivity contribution in [2.45, 2.75) is 18.7 Å². The first kappa shape index (κ1) is 17.9. The molecule has 0 saturated carbocycles. The quantitative estimate of drug-likeness (QED) is 0.698. The Morgan fingerprint density at radius 3 is 2.44 bits per heavy atom.